The summed E-state index contributed by atoms with van der Waals surface area (Å²) >= 11 is 0. The standard InChI is InChI=1S/C25H23F3N2O5S/c1-34-12-11-29-16-30(36(32,33)21-8-4-6-19(15-21)25(26,27)28)23-14-18(9-10-22(23)24(29)31)17-5-3-7-20(13-17)35-2/h3-10,13-15H,11-12,16H2,1-2H3. The van der Waals surface area contributed by atoms with Gasteiger partial charge >= 0.3 is 6.18 Å². The highest BCUT2D eigenvalue weighted by Gasteiger charge is 2.38. The number of anilines is 1. The Bertz CT molecular complexity index is 1390. The molecule has 190 valence electrons. The van der Waals surface area contributed by atoms with E-state index in [-0.39, 0.29) is 31.1 Å². The van der Waals surface area contributed by atoms with Crippen molar-refractivity contribution in [3.63, 3.8) is 0 Å². The van der Waals surface area contributed by atoms with E-state index in [1.165, 1.54) is 25.2 Å². The lowest BCUT2D eigenvalue weighted by atomic mass is 10.0. The van der Waals surface area contributed by atoms with Gasteiger partial charge < -0.3 is 14.4 Å². The van der Waals surface area contributed by atoms with Crippen molar-refractivity contribution in [2.24, 2.45) is 0 Å². The second kappa shape index (κ2) is 9.82. The van der Waals surface area contributed by atoms with E-state index in [9.17, 15) is 26.4 Å². The van der Waals surface area contributed by atoms with E-state index in [1.54, 1.807) is 36.4 Å². The monoisotopic (exact) mass is 520 g/mol. The molecular formula is C25H23F3N2O5S. The molecule has 0 saturated heterocycles. The number of amides is 1. The molecular weight excluding hydrogens is 497 g/mol. The second-order valence-electron chi connectivity index (χ2n) is 8.05. The summed E-state index contributed by atoms with van der Waals surface area (Å²) in [6, 6.07) is 15.4. The number of halogens is 3. The molecule has 0 fully saturated rings. The molecule has 0 spiro atoms. The fourth-order valence-corrected chi connectivity index (χ4v) is 5.39. The highest BCUT2D eigenvalue weighted by molar-refractivity contribution is 7.92. The van der Waals surface area contributed by atoms with E-state index < -0.39 is 32.6 Å². The van der Waals surface area contributed by atoms with Crippen LogP contribution in [0.25, 0.3) is 11.1 Å². The summed E-state index contributed by atoms with van der Waals surface area (Å²) in [6.07, 6.45) is -4.72. The third-order valence-corrected chi connectivity index (χ3v) is 7.54. The number of alkyl halides is 3. The first-order valence-corrected chi connectivity index (χ1v) is 12.3. The van der Waals surface area contributed by atoms with Crippen molar-refractivity contribution < 1.29 is 35.9 Å². The van der Waals surface area contributed by atoms with Crippen molar-refractivity contribution in [1.82, 2.24) is 4.90 Å². The summed E-state index contributed by atoms with van der Waals surface area (Å²) in [6.45, 7) is -0.128. The van der Waals surface area contributed by atoms with Gasteiger partial charge in [0.25, 0.3) is 15.9 Å². The zero-order chi connectivity index (χ0) is 26.1. The highest BCUT2D eigenvalue weighted by Crippen LogP contribution is 2.37. The van der Waals surface area contributed by atoms with Gasteiger partial charge in [0.15, 0.2) is 0 Å². The Morgan fingerprint density at radius 3 is 2.36 bits per heavy atom. The van der Waals surface area contributed by atoms with Gasteiger partial charge in [0.1, 0.15) is 12.4 Å². The molecule has 1 amide bonds. The molecule has 0 unspecified atom stereocenters. The van der Waals surface area contributed by atoms with E-state index in [1.807, 2.05) is 0 Å². The third kappa shape index (κ3) is 4.89. The summed E-state index contributed by atoms with van der Waals surface area (Å²) in [5, 5.41) is 0. The second-order valence-corrected chi connectivity index (χ2v) is 9.91. The molecule has 1 aliphatic heterocycles. The van der Waals surface area contributed by atoms with Gasteiger partial charge in [-0.15, -0.1) is 0 Å². The maximum absolute atomic E-state index is 13.7. The Morgan fingerprint density at radius 1 is 0.944 bits per heavy atom. The van der Waals surface area contributed by atoms with Crippen molar-refractivity contribution in [3.05, 3.63) is 77.9 Å². The summed E-state index contributed by atoms with van der Waals surface area (Å²) in [5.41, 5.74) is 0.419. The van der Waals surface area contributed by atoms with Crippen molar-refractivity contribution in [3.8, 4) is 16.9 Å². The van der Waals surface area contributed by atoms with E-state index >= 15 is 0 Å². The predicted octanol–water partition coefficient (Wildman–Crippen LogP) is 4.64. The number of benzene rings is 3. The number of sulfonamides is 1. The van der Waals surface area contributed by atoms with Crippen LogP contribution in [-0.4, -0.2) is 53.3 Å². The number of carbonyl (C=O) groups is 1. The molecule has 7 nitrogen and oxygen atoms in total. The molecule has 0 bridgehead atoms. The minimum atomic E-state index is -4.72. The fraction of sp³-hybridized carbons (Fsp3) is 0.240. The quantitative estimate of drug-likeness (QED) is 0.454. The minimum absolute atomic E-state index is 0.0754. The van der Waals surface area contributed by atoms with Gasteiger partial charge in [-0.3, -0.25) is 4.79 Å². The van der Waals surface area contributed by atoms with Crippen LogP contribution < -0.4 is 9.04 Å². The molecule has 0 aromatic heterocycles. The number of nitrogens with zero attached hydrogens (tertiary/aromatic N) is 2. The van der Waals surface area contributed by atoms with Crippen molar-refractivity contribution in [2.75, 3.05) is 38.3 Å². The van der Waals surface area contributed by atoms with Gasteiger partial charge in [0.2, 0.25) is 0 Å². The summed E-state index contributed by atoms with van der Waals surface area (Å²) < 4.78 is 78.5. The van der Waals surface area contributed by atoms with E-state index in [2.05, 4.69) is 0 Å². The molecule has 3 aromatic carbocycles. The first-order valence-electron chi connectivity index (χ1n) is 10.8. The number of methoxy groups -OCH3 is 2. The van der Waals surface area contributed by atoms with Crippen LogP contribution in [0.3, 0.4) is 0 Å². The fourth-order valence-electron chi connectivity index (χ4n) is 3.91. The Labute approximate surface area is 206 Å². The van der Waals surface area contributed by atoms with Gasteiger partial charge in [-0.2, -0.15) is 13.2 Å². The van der Waals surface area contributed by atoms with Crippen LogP contribution in [0.1, 0.15) is 15.9 Å². The lowest BCUT2D eigenvalue weighted by Crippen LogP contribution is -2.50. The van der Waals surface area contributed by atoms with Crippen LogP contribution >= 0.6 is 0 Å². The van der Waals surface area contributed by atoms with E-state index in [0.29, 0.717) is 22.9 Å². The molecule has 0 N–H and O–H groups in total. The molecule has 3 aromatic rings. The number of fused-ring (bicyclic) bond motifs is 1. The number of hydrogen-bond acceptors (Lipinski definition) is 5. The van der Waals surface area contributed by atoms with Crippen LogP contribution in [0.15, 0.2) is 71.6 Å². The Morgan fingerprint density at radius 2 is 1.67 bits per heavy atom. The molecule has 4 rings (SSSR count). The molecule has 0 saturated carbocycles. The smallest absolute Gasteiger partial charge is 0.416 e. The highest BCUT2D eigenvalue weighted by atomic mass is 32.2. The first-order chi connectivity index (χ1) is 17.1. The summed E-state index contributed by atoms with van der Waals surface area (Å²) in [4.78, 5) is 13.9. The Kier molecular flexibility index (Phi) is 6.96. The van der Waals surface area contributed by atoms with E-state index in [0.717, 1.165) is 22.5 Å². The number of ether oxygens (including phenoxy) is 2. The predicted molar refractivity (Wildman–Crippen MR) is 127 cm³/mol. The maximum Gasteiger partial charge on any atom is 0.416 e. The Balaban J connectivity index is 1.86. The average molecular weight is 521 g/mol. The topological polar surface area (TPSA) is 76.2 Å². The molecule has 0 atom stereocenters. The first kappa shape index (κ1) is 25.5. The lowest BCUT2D eigenvalue weighted by molar-refractivity contribution is -0.137. The molecule has 0 aliphatic carbocycles. The van der Waals surface area contributed by atoms with Gasteiger partial charge in [-0.25, -0.2) is 12.7 Å². The van der Waals surface area contributed by atoms with Crippen LogP contribution in [-0.2, 0) is 20.9 Å². The van der Waals surface area contributed by atoms with Crippen LogP contribution in [0.4, 0.5) is 18.9 Å². The lowest BCUT2D eigenvalue weighted by Gasteiger charge is -2.37. The molecule has 1 aliphatic rings. The van der Waals surface area contributed by atoms with Gasteiger partial charge in [-0.05, 0) is 53.6 Å². The number of carbonyl (C=O) groups excluding carboxylic acids is 1. The van der Waals surface area contributed by atoms with Crippen molar-refractivity contribution in [2.45, 2.75) is 11.1 Å². The molecule has 36 heavy (non-hydrogen) atoms. The largest absolute Gasteiger partial charge is 0.497 e. The maximum atomic E-state index is 13.7. The molecule has 1 heterocycles. The summed E-state index contributed by atoms with van der Waals surface area (Å²) in [7, 11) is -1.52. The Hall–Kier alpha value is -3.57. The van der Waals surface area contributed by atoms with Crippen LogP contribution in [0, 0.1) is 0 Å². The third-order valence-electron chi connectivity index (χ3n) is 5.80. The SMILES string of the molecule is COCCN1CN(S(=O)(=O)c2cccc(C(F)(F)F)c2)c2cc(-c3cccc(OC)c3)ccc2C1=O. The number of hydrogen-bond donors (Lipinski definition) is 0. The van der Waals surface area contributed by atoms with Gasteiger partial charge in [0.05, 0.1) is 35.4 Å². The number of rotatable bonds is 7. The molecule has 11 heteroatoms. The van der Waals surface area contributed by atoms with Gasteiger partial charge in [-0.1, -0.05) is 24.3 Å². The van der Waals surface area contributed by atoms with Gasteiger partial charge in [0, 0.05) is 13.7 Å². The van der Waals surface area contributed by atoms with Crippen LogP contribution in [0.5, 0.6) is 5.75 Å². The normalized spacial score (nSPS) is 14.1. The zero-order valence-electron chi connectivity index (χ0n) is 19.4. The zero-order valence-corrected chi connectivity index (χ0v) is 20.3. The summed E-state index contributed by atoms with van der Waals surface area (Å²) in [5.74, 6) is 0.176. The van der Waals surface area contributed by atoms with Crippen molar-refractivity contribution >= 4 is 21.6 Å². The minimum Gasteiger partial charge on any atom is -0.497 e. The van der Waals surface area contributed by atoms with Crippen molar-refractivity contribution in [1.29, 1.82) is 0 Å². The average Bonchev–Trinajstić information content (AvgIpc) is 2.87. The van der Waals surface area contributed by atoms with Crippen LogP contribution in [0.2, 0.25) is 0 Å². The molecule has 0 radical (unpaired) electrons. The van der Waals surface area contributed by atoms with E-state index in [4.69, 9.17) is 9.47 Å².